The summed E-state index contributed by atoms with van der Waals surface area (Å²) in [4.78, 5) is 26.5. The summed E-state index contributed by atoms with van der Waals surface area (Å²) in [6.07, 6.45) is 2.38. The van der Waals surface area contributed by atoms with Crippen LogP contribution in [0.25, 0.3) is 10.4 Å². The molecule has 0 bridgehead atoms. The van der Waals surface area contributed by atoms with E-state index in [1.165, 1.54) is 37.5 Å². The number of nitrogens with zero attached hydrogens (tertiary/aromatic N) is 2. The number of amides is 1. The number of nitrogens with one attached hydrogen (secondary N) is 4. The molecule has 0 aliphatic heterocycles. The number of hydrogen-bond acceptors (Lipinski definition) is 9. The van der Waals surface area contributed by atoms with E-state index in [4.69, 9.17) is 15.6 Å². The third-order valence-electron chi connectivity index (χ3n) is 5.41. The van der Waals surface area contributed by atoms with E-state index in [0.29, 0.717) is 21.0 Å². The zero-order chi connectivity index (χ0) is 28.7. The summed E-state index contributed by atoms with van der Waals surface area (Å²) in [5.41, 5.74) is 0.993. The standard InChI is InChI=1S/C26H26F2N6O4S/c1-33(2)14-18-23(25(35)32-21(29)11-12-22(30)38-3)26(31-13-17-19(27)5-4-6-20(17)28)39-24(18)15-7-9-16(10-8-15)34(36)37/h4-12,30-31H,13-14H2,1-3H3,(H2,29,32,35)/b12-11-,30-22?. The number of nitro benzene ring substituents is 1. The number of non-ortho nitro benzene ring substituents is 1. The molecule has 13 heteroatoms. The van der Waals surface area contributed by atoms with Gasteiger partial charge in [0.05, 0.1) is 17.6 Å². The van der Waals surface area contributed by atoms with Crippen molar-refractivity contribution in [1.82, 2.24) is 10.2 Å². The van der Waals surface area contributed by atoms with Crippen LogP contribution in [0.15, 0.2) is 54.6 Å². The van der Waals surface area contributed by atoms with Crippen LogP contribution in [0.1, 0.15) is 21.5 Å². The van der Waals surface area contributed by atoms with Crippen LogP contribution < -0.4 is 10.6 Å². The first-order valence-corrected chi connectivity index (χ1v) is 12.3. The third-order valence-corrected chi connectivity index (χ3v) is 6.64. The Morgan fingerprint density at radius 1 is 1.10 bits per heavy atom. The lowest BCUT2D eigenvalue weighted by molar-refractivity contribution is -0.384. The van der Waals surface area contributed by atoms with Gasteiger partial charge in [0.15, 0.2) is 0 Å². The molecular formula is C26H26F2N6O4S. The second-order valence-electron chi connectivity index (χ2n) is 8.48. The first kappa shape index (κ1) is 29.1. The van der Waals surface area contributed by atoms with Gasteiger partial charge in [0.1, 0.15) is 22.5 Å². The van der Waals surface area contributed by atoms with Crippen LogP contribution in [0, 0.1) is 32.6 Å². The molecular weight excluding hydrogens is 530 g/mol. The molecule has 0 fully saturated rings. The van der Waals surface area contributed by atoms with Gasteiger partial charge in [-0.3, -0.25) is 25.7 Å². The maximum atomic E-state index is 14.3. The predicted octanol–water partition coefficient (Wildman–Crippen LogP) is 5.16. The van der Waals surface area contributed by atoms with Crippen molar-refractivity contribution in [1.29, 1.82) is 10.8 Å². The minimum Gasteiger partial charge on any atom is -0.481 e. The van der Waals surface area contributed by atoms with Gasteiger partial charge in [-0.2, -0.15) is 0 Å². The van der Waals surface area contributed by atoms with Gasteiger partial charge in [0, 0.05) is 41.7 Å². The van der Waals surface area contributed by atoms with Crippen molar-refractivity contribution in [3.05, 3.63) is 93.1 Å². The first-order chi connectivity index (χ1) is 18.5. The Labute approximate surface area is 227 Å². The number of rotatable bonds is 10. The zero-order valence-corrected chi connectivity index (χ0v) is 22.1. The van der Waals surface area contributed by atoms with Crippen molar-refractivity contribution in [2.75, 3.05) is 26.5 Å². The Kier molecular flexibility index (Phi) is 9.57. The van der Waals surface area contributed by atoms with E-state index in [1.54, 1.807) is 26.2 Å². The number of hydrogen-bond donors (Lipinski definition) is 4. The minimum absolute atomic E-state index is 0.0994. The maximum absolute atomic E-state index is 14.3. The monoisotopic (exact) mass is 556 g/mol. The fourth-order valence-electron chi connectivity index (χ4n) is 3.59. The SMILES string of the molecule is COC(=N)/C=C\C(=N)NC(=O)c1c(NCc2c(F)cccc2F)sc(-c2ccc([N+](=O)[O-])cc2)c1CN(C)C. The molecule has 1 amide bonds. The Balaban J connectivity index is 2.10. The summed E-state index contributed by atoms with van der Waals surface area (Å²) < 4.78 is 33.3. The number of amidine groups is 1. The molecule has 10 nitrogen and oxygen atoms in total. The Morgan fingerprint density at radius 3 is 2.31 bits per heavy atom. The number of halogens is 2. The van der Waals surface area contributed by atoms with Gasteiger partial charge in [-0.05, 0) is 55.6 Å². The summed E-state index contributed by atoms with van der Waals surface area (Å²) in [6, 6.07) is 9.34. The van der Waals surface area contributed by atoms with Crippen molar-refractivity contribution in [3.63, 3.8) is 0 Å². The summed E-state index contributed by atoms with van der Waals surface area (Å²) in [5, 5.41) is 32.4. The lowest BCUT2D eigenvalue weighted by atomic mass is 10.0. The molecule has 0 atom stereocenters. The number of anilines is 1. The number of thiophene rings is 1. The van der Waals surface area contributed by atoms with Crippen molar-refractivity contribution in [2.45, 2.75) is 13.1 Å². The highest BCUT2D eigenvalue weighted by atomic mass is 32.1. The fourth-order valence-corrected chi connectivity index (χ4v) is 4.80. The van der Waals surface area contributed by atoms with Crippen LogP contribution in [0.5, 0.6) is 0 Å². The number of carbonyl (C=O) groups is 1. The van der Waals surface area contributed by atoms with E-state index < -0.39 is 22.5 Å². The Hall–Kier alpha value is -4.49. The number of benzene rings is 2. The van der Waals surface area contributed by atoms with Gasteiger partial charge in [-0.25, -0.2) is 8.78 Å². The van der Waals surface area contributed by atoms with E-state index in [0.717, 1.165) is 23.5 Å². The predicted molar refractivity (Wildman–Crippen MR) is 147 cm³/mol. The summed E-state index contributed by atoms with van der Waals surface area (Å²) >= 11 is 1.15. The lowest BCUT2D eigenvalue weighted by Crippen LogP contribution is -2.30. The van der Waals surface area contributed by atoms with E-state index in [1.807, 2.05) is 4.90 Å². The molecule has 0 saturated heterocycles. The van der Waals surface area contributed by atoms with Crippen molar-refractivity contribution in [3.8, 4) is 10.4 Å². The van der Waals surface area contributed by atoms with Crippen LogP contribution in [0.2, 0.25) is 0 Å². The molecule has 0 unspecified atom stereocenters. The Morgan fingerprint density at radius 2 is 1.74 bits per heavy atom. The van der Waals surface area contributed by atoms with Crippen LogP contribution in [0.3, 0.4) is 0 Å². The molecule has 0 aliphatic rings. The van der Waals surface area contributed by atoms with Crippen molar-refractivity contribution < 1.29 is 23.2 Å². The van der Waals surface area contributed by atoms with E-state index in [-0.39, 0.29) is 41.6 Å². The van der Waals surface area contributed by atoms with Gasteiger partial charge < -0.3 is 20.3 Å². The molecule has 0 radical (unpaired) electrons. The van der Waals surface area contributed by atoms with E-state index in [9.17, 15) is 23.7 Å². The summed E-state index contributed by atoms with van der Waals surface area (Å²) in [5.74, 6) is -2.69. The molecule has 3 rings (SSSR count). The summed E-state index contributed by atoms with van der Waals surface area (Å²) in [7, 11) is 4.88. The van der Waals surface area contributed by atoms with Crippen LogP contribution in [0.4, 0.5) is 19.5 Å². The zero-order valence-electron chi connectivity index (χ0n) is 21.3. The number of methoxy groups -OCH3 is 1. The smallest absolute Gasteiger partial charge is 0.269 e. The number of nitro groups is 1. The topological polar surface area (TPSA) is 144 Å². The highest BCUT2D eigenvalue weighted by Gasteiger charge is 2.26. The van der Waals surface area contributed by atoms with E-state index >= 15 is 0 Å². The molecule has 39 heavy (non-hydrogen) atoms. The molecule has 2 aromatic carbocycles. The molecule has 4 N–H and O–H groups in total. The molecule has 204 valence electrons. The average molecular weight is 557 g/mol. The van der Waals surface area contributed by atoms with Gasteiger partial charge in [-0.1, -0.05) is 6.07 Å². The minimum atomic E-state index is -0.748. The van der Waals surface area contributed by atoms with Crippen molar-refractivity contribution in [2.24, 2.45) is 0 Å². The molecule has 0 aliphatic carbocycles. The lowest BCUT2D eigenvalue weighted by Gasteiger charge is -2.14. The van der Waals surface area contributed by atoms with Crippen LogP contribution >= 0.6 is 11.3 Å². The third kappa shape index (κ3) is 7.30. The van der Waals surface area contributed by atoms with E-state index in [2.05, 4.69) is 10.6 Å². The second kappa shape index (κ2) is 12.8. The fraction of sp³-hybridized carbons (Fsp3) is 0.192. The number of carbonyl (C=O) groups excluding carboxylic acids is 1. The molecule has 1 heterocycles. The second-order valence-corrected chi connectivity index (χ2v) is 9.50. The quantitative estimate of drug-likeness (QED) is 0.117. The van der Waals surface area contributed by atoms with Gasteiger partial charge >= 0.3 is 0 Å². The largest absolute Gasteiger partial charge is 0.481 e. The molecule has 0 saturated carbocycles. The Bertz CT molecular complexity index is 1420. The van der Waals surface area contributed by atoms with Crippen molar-refractivity contribution >= 4 is 39.7 Å². The van der Waals surface area contributed by atoms with Crippen LogP contribution in [-0.2, 0) is 17.8 Å². The molecule has 1 aromatic heterocycles. The van der Waals surface area contributed by atoms with Crippen LogP contribution in [-0.4, -0.2) is 48.7 Å². The highest BCUT2D eigenvalue weighted by Crippen LogP contribution is 2.41. The maximum Gasteiger partial charge on any atom is 0.269 e. The average Bonchev–Trinajstić information content (AvgIpc) is 3.24. The first-order valence-electron chi connectivity index (χ1n) is 11.4. The molecule has 3 aromatic rings. The van der Waals surface area contributed by atoms with Gasteiger partial charge in [0.25, 0.3) is 11.6 Å². The summed E-state index contributed by atoms with van der Waals surface area (Å²) in [6.45, 7) is 0.0154. The molecule has 0 spiro atoms. The number of ether oxygens (including phenoxy) is 1. The highest BCUT2D eigenvalue weighted by molar-refractivity contribution is 7.20. The van der Waals surface area contributed by atoms with Gasteiger partial charge in [0.2, 0.25) is 5.90 Å². The van der Waals surface area contributed by atoms with Gasteiger partial charge in [-0.15, -0.1) is 11.3 Å². The normalized spacial score (nSPS) is 11.0.